The lowest BCUT2D eigenvalue weighted by atomic mass is 9.93. The zero-order valence-electron chi connectivity index (χ0n) is 11.2. The molecular weight excluding hydrogens is 234 g/mol. The summed E-state index contributed by atoms with van der Waals surface area (Å²) in [7, 11) is 2.02. The van der Waals surface area contributed by atoms with Crippen LogP contribution in [-0.2, 0) is 6.42 Å². The fraction of sp³-hybridized carbons (Fsp3) is 0.294. The number of fused-ring (bicyclic) bond motifs is 1. The van der Waals surface area contributed by atoms with Crippen LogP contribution < -0.4 is 10.1 Å². The molecule has 2 unspecified atom stereocenters. The first-order valence-corrected chi connectivity index (χ1v) is 6.83. The van der Waals surface area contributed by atoms with Crippen molar-refractivity contribution in [3.05, 3.63) is 65.7 Å². The maximum atomic E-state index is 6.13. The van der Waals surface area contributed by atoms with Gasteiger partial charge in [-0.3, -0.25) is 0 Å². The first-order valence-electron chi connectivity index (χ1n) is 6.83. The van der Waals surface area contributed by atoms with Crippen LogP contribution in [-0.4, -0.2) is 13.2 Å². The Morgan fingerprint density at radius 2 is 1.79 bits per heavy atom. The van der Waals surface area contributed by atoms with Gasteiger partial charge in [-0.05, 0) is 18.7 Å². The largest absolute Gasteiger partial charge is 0.490 e. The van der Waals surface area contributed by atoms with E-state index in [0.717, 1.165) is 18.6 Å². The number of benzene rings is 2. The minimum absolute atomic E-state index is 0.245. The fourth-order valence-corrected chi connectivity index (χ4v) is 2.77. The lowest BCUT2D eigenvalue weighted by molar-refractivity contribution is 0.152. The van der Waals surface area contributed by atoms with Crippen molar-refractivity contribution in [3.8, 4) is 5.75 Å². The Kier molecular flexibility index (Phi) is 3.51. The van der Waals surface area contributed by atoms with Crippen molar-refractivity contribution >= 4 is 0 Å². The summed E-state index contributed by atoms with van der Waals surface area (Å²) in [6.45, 7) is 0. The molecule has 0 spiro atoms. The third kappa shape index (κ3) is 2.64. The fourth-order valence-electron chi connectivity index (χ4n) is 2.77. The van der Waals surface area contributed by atoms with Crippen LogP contribution >= 0.6 is 0 Å². The summed E-state index contributed by atoms with van der Waals surface area (Å²) in [4.78, 5) is 0. The number of rotatable bonds is 3. The molecule has 2 nitrogen and oxygen atoms in total. The predicted octanol–water partition coefficient (Wildman–Crippen LogP) is 3.34. The van der Waals surface area contributed by atoms with Crippen molar-refractivity contribution in [1.29, 1.82) is 0 Å². The van der Waals surface area contributed by atoms with Gasteiger partial charge in [0.1, 0.15) is 11.9 Å². The van der Waals surface area contributed by atoms with Crippen LogP contribution in [0.25, 0.3) is 0 Å². The lowest BCUT2D eigenvalue weighted by Gasteiger charge is -2.32. The van der Waals surface area contributed by atoms with E-state index in [9.17, 15) is 0 Å². The molecule has 2 atom stereocenters. The molecule has 1 N–H and O–H groups in total. The second-order valence-corrected chi connectivity index (χ2v) is 5.04. The van der Waals surface area contributed by atoms with E-state index < -0.39 is 0 Å². The monoisotopic (exact) mass is 253 g/mol. The third-order valence-electron chi connectivity index (χ3n) is 3.74. The molecule has 0 aliphatic carbocycles. The molecule has 98 valence electrons. The molecule has 1 aliphatic rings. The molecule has 3 rings (SSSR count). The Bertz CT molecular complexity index is 538. The highest BCUT2D eigenvalue weighted by molar-refractivity contribution is 5.38. The Hall–Kier alpha value is -1.80. The van der Waals surface area contributed by atoms with Crippen LogP contribution in [0.4, 0.5) is 0 Å². The van der Waals surface area contributed by atoms with Gasteiger partial charge in [0, 0.05) is 24.4 Å². The molecule has 1 aliphatic heterocycles. The minimum atomic E-state index is 0.245. The van der Waals surface area contributed by atoms with Crippen LogP contribution in [0.5, 0.6) is 5.75 Å². The average Bonchev–Trinajstić information content (AvgIpc) is 2.47. The molecule has 0 fully saturated rings. The molecule has 2 heteroatoms. The highest BCUT2D eigenvalue weighted by Crippen LogP contribution is 2.35. The summed E-state index contributed by atoms with van der Waals surface area (Å²) < 4.78 is 6.13. The summed E-state index contributed by atoms with van der Waals surface area (Å²) in [6.07, 6.45) is 2.23. The van der Waals surface area contributed by atoms with Gasteiger partial charge in [0.15, 0.2) is 0 Å². The zero-order valence-corrected chi connectivity index (χ0v) is 11.2. The van der Waals surface area contributed by atoms with Crippen LogP contribution in [0.2, 0.25) is 0 Å². The molecule has 0 saturated heterocycles. The van der Waals surface area contributed by atoms with Crippen molar-refractivity contribution in [2.24, 2.45) is 0 Å². The van der Waals surface area contributed by atoms with Crippen molar-refractivity contribution < 1.29 is 4.74 Å². The molecular formula is C17H19NO. The molecule has 1 heterocycles. The molecule has 0 aromatic heterocycles. The predicted molar refractivity (Wildman–Crippen MR) is 77.4 cm³/mol. The normalized spacial score (nSPS) is 21.5. The van der Waals surface area contributed by atoms with Gasteiger partial charge in [-0.15, -0.1) is 0 Å². The van der Waals surface area contributed by atoms with Gasteiger partial charge in [-0.2, -0.15) is 0 Å². The average molecular weight is 253 g/mol. The van der Waals surface area contributed by atoms with Crippen molar-refractivity contribution in [2.45, 2.75) is 25.0 Å². The Morgan fingerprint density at radius 1 is 1.05 bits per heavy atom. The molecule has 0 amide bonds. The van der Waals surface area contributed by atoms with Crippen molar-refractivity contribution in [2.75, 3.05) is 7.05 Å². The smallest absolute Gasteiger partial charge is 0.124 e. The van der Waals surface area contributed by atoms with Gasteiger partial charge in [0.25, 0.3) is 0 Å². The van der Waals surface area contributed by atoms with Crippen LogP contribution in [0.15, 0.2) is 54.6 Å². The van der Waals surface area contributed by atoms with Gasteiger partial charge in [-0.25, -0.2) is 0 Å². The second kappa shape index (κ2) is 5.45. The van der Waals surface area contributed by atoms with E-state index in [1.165, 1.54) is 11.1 Å². The number of nitrogens with one attached hydrogen (secondary N) is 1. The van der Waals surface area contributed by atoms with E-state index >= 15 is 0 Å². The molecule has 0 radical (unpaired) electrons. The third-order valence-corrected chi connectivity index (χ3v) is 3.74. The Morgan fingerprint density at radius 3 is 2.58 bits per heavy atom. The van der Waals surface area contributed by atoms with E-state index in [1.54, 1.807) is 0 Å². The van der Waals surface area contributed by atoms with Crippen LogP contribution in [0, 0.1) is 0 Å². The summed E-state index contributed by atoms with van der Waals surface area (Å²) in [5.41, 5.74) is 2.61. The van der Waals surface area contributed by atoms with E-state index in [-0.39, 0.29) is 6.10 Å². The Balaban J connectivity index is 1.80. The molecule has 2 aromatic rings. The molecule has 0 saturated carbocycles. The first kappa shape index (κ1) is 12.2. The molecule has 2 aromatic carbocycles. The van der Waals surface area contributed by atoms with Gasteiger partial charge < -0.3 is 10.1 Å². The highest BCUT2D eigenvalue weighted by atomic mass is 16.5. The van der Waals surface area contributed by atoms with Crippen LogP contribution in [0.3, 0.4) is 0 Å². The summed E-state index contributed by atoms with van der Waals surface area (Å²) in [5.74, 6) is 1.02. The Labute approximate surface area is 114 Å². The topological polar surface area (TPSA) is 21.3 Å². The second-order valence-electron chi connectivity index (χ2n) is 5.04. The number of para-hydroxylation sites is 1. The maximum absolute atomic E-state index is 6.13. The van der Waals surface area contributed by atoms with E-state index in [1.807, 2.05) is 13.1 Å². The van der Waals surface area contributed by atoms with Gasteiger partial charge >= 0.3 is 0 Å². The SMILES string of the molecule is CNC1CC(Cc2ccccc2)Oc2ccccc21. The number of hydrogen-bond donors (Lipinski definition) is 1. The quantitative estimate of drug-likeness (QED) is 0.906. The van der Waals surface area contributed by atoms with Gasteiger partial charge in [-0.1, -0.05) is 48.5 Å². The van der Waals surface area contributed by atoms with E-state index in [0.29, 0.717) is 6.04 Å². The van der Waals surface area contributed by atoms with Crippen molar-refractivity contribution in [3.63, 3.8) is 0 Å². The summed E-state index contributed by atoms with van der Waals surface area (Å²) >= 11 is 0. The van der Waals surface area contributed by atoms with E-state index in [4.69, 9.17) is 4.74 Å². The number of hydrogen-bond acceptors (Lipinski definition) is 2. The lowest BCUT2D eigenvalue weighted by Crippen LogP contribution is -2.32. The van der Waals surface area contributed by atoms with E-state index in [2.05, 4.69) is 53.8 Å². The van der Waals surface area contributed by atoms with Gasteiger partial charge in [0.05, 0.1) is 0 Å². The first-order chi connectivity index (χ1) is 9.36. The number of ether oxygens (including phenoxy) is 1. The maximum Gasteiger partial charge on any atom is 0.124 e. The minimum Gasteiger partial charge on any atom is -0.490 e. The molecule has 19 heavy (non-hydrogen) atoms. The standard InChI is InChI=1S/C17H19NO/c1-18-16-12-14(11-13-7-3-2-4-8-13)19-17-10-6-5-9-15(16)17/h2-10,14,16,18H,11-12H2,1H3. The van der Waals surface area contributed by atoms with Crippen molar-refractivity contribution in [1.82, 2.24) is 5.32 Å². The molecule has 0 bridgehead atoms. The summed E-state index contributed by atoms with van der Waals surface area (Å²) in [5, 5.41) is 3.40. The summed E-state index contributed by atoms with van der Waals surface area (Å²) in [6, 6.07) is 19.3. The van der Waals surface area contributed by atoms with Crippen LogP contribution in [0.1, 0.15) is 23.6 Å². The zero-order chi connectivity index (χ0) is 13.1. The highest BCUT2D eigenvalue weighted by Gasteiger charge is 2.26. The van der Waals surface area contributed by atoms with Gasteiger partial charge in [0.2, 0.25) is 0 Å².